The van der Waals surface area contributed by atoms with Crippen molar-refractivity contribution < 1.29 is 4.42 Å². The van der Waals surface area contributed by atoms with Crippen LogP contribution in [0.15, 0.2) is 56.9 Å². The van der Waals surface area contributed by atoms with Gasteiger partial charge in [0.1, 0.15) is 10.8 Å². The summed E-state index contributed by atoms with van der Waals surface area (Å²) in [6.45, 7) is 2.59. The van der Waals surface area contributed by atoms with Gasteiger partial charge in [0.05, 0.1) is 12.8 Å². The number of furan rings is 1. The molecule has 4 nitrogen and oxygen atoms in total. The number of benzene rings is 1. The molecular weight excluding hydrogens is 344 g/mol. The minimum atomic E-state index is -0.172. The maximum Gasteiger partial charge on any atom is 0.349 e. The average Bonchev–Trinajstić information content (AvgIpc) is 3.17. The molecule has 0 saturated carbocycles. The van der Waals surface area contributed by atoms with Crippen molar-refractivity contribution in [1.82, 2.24) is 9.55 Å². The third-order valence-corrected chi connectivity index (χ3v) is 6.04. The summed E-state index contributed by atoms with van der Waals surface area (Å²) >= 11 is 1.69. The lowest BCUT2D eigenvalue weighted by atomic mass is 9.97. The maximum atomic E-state index is 12.7. The van der Waals surface area contributed by atoms with E-state index in [0.29, 0.717) is 6.54 Å². The first-order valence-corrected chi connectivity index (χ1v) is 10.0. The van der Waals surface area contributed by atoms with Crippen LogP contribution >= 0.6 is 11.8 Å². The summed E-state index contributed by atoms with van der Waals surface area (Å²) in [5, 5.41) is 0.906. The van der Waals surface area contributed by atoms with Crippen LogP contribution in [0, 0.1) is 6.92 Å². The summed E-state index contributed by atoms with van der Waals surface area (Å²) in [5.41, 5.74) is 4.79. The lowest BCUT2D eigenvalue weighted by molar-refractivity contribution is 0.471. The molecule has 4 rings (SSSR count). The van der Waals surface area contributed by atoms with Gasteiger partial charge in [0, 0.05) is 17.0 Å². The van der Waals surface area contributed by atoms with Gasteiger partial charge in [0.15, 0.2) is 0 Å². The zero-order chi connectivity index (χ0) is 17.9. The maximum absolute atomic E-state index is 12.7. The predicted molar refractivity (Wildman–Crippen MR) is 104 cm³/mol. The Labute approximate surface area is 157 Å². The monoisotopic (exact) mass is 366 g/mol. The van der Waals surface area contributed by atoms with Crippen molar-refractivity contribution in [2.75, 3.05) is 0 Å². The molecule has 2 aromatic heterocycles. The smallest absolute Gasteiger partial charge is 0.349 e. The van der Waals surface area contributed by atoms with E-state index in [2.05, 4.69) is 36.2 Å². The van der Waals surface area contributed by atoms with E-state index in [1.54, 1.807) is 22.6 Å². The largest absolute Gasteiger partial charge is 0.467 e. The molecule has 0 unspecified atom stereocenters. The molecule has 0 aliphatic heterocycles. The van der Waals surface area contributed by atoms with Gasteiger partial charge in [0.25, 0.3) is 0 Å². The first-order chi connectivity index (χ1) is 12.7. The SMILES string of the molecule is Cc1ccccc1CSc1nc(=O)n(Cc2ccco2)c2c1CCCC2. The number of rotatable bonds is 5. The first-order valence-electron chi connectivity index (χ1n) is 9.04. The molecular formula is C21H22N2O2S. The van der Waals surface area contributed by atoms with Crippen molar-refractivity contribution in [2.45, 2.75) is 49.9 Å². The van der Waals surface area contributed by atoms with E-state index in [-0.39, 0.29) is 5.69 Å². The van der Waals surface area contributed by atoms with Crippen LogP contribution in [-0.2, 0) is 25.1 Å². The van der Waals surface area contributed by atoms with Crippen molar-refractivity contribution in [3.8, 4) is 0 Å². The Morgan fingerprint density at radius 1 is 1.15 bits per heavy atom. The van der Waals surface area contributed by atoms with Gasteiger partial charge < -0.3 is 4.42 Å². The van der Waals surface area contributed by atoms with Gasteiger partial charge in [-0.2, -0.15) is 4.98 Å². The molecule has 1 aromatic carbocycles. The number of hydrogen-bond donors (Lipinski definition) is 0. The van der Waals surface area contributed by atoms with Crippen molar-refractivity contribution in [3.63, 3.8) is 0 Å². The molecule has 3 aromatic rings. The molecule has 5 heteroatoms. The molecule has 0 amide bonds. The van der Waals surface area contributed by atoms with Gasteiger partial charge in [0.2, 0.25) is 0 Å². The van der Waals surface area contributed by atoms with Crippen LogP contribution in [0.1, 0.15) is 41.0 Å². The van der Waals surface area contributed by atoms with E-state index >= 15 is 0 Å². The number of aromatic nitrogens is 2. The molecule has 0 N–H and O–H groups in total. The molecule has 2 heterocycles. The van der Waals surface area contributed by atoms with Crippen LogP contribution in [0.4, 0.5) is 0 Å². The topological polar surface area (TPSA) is 48.0 Å². The quantitative estimate of drug-likeness (QED) is 0.497. The lowest BCUT2D eigenvalue weighted by Crippen LogP contribution is -2.30. The summed E-state index contributed by atoms with van der Waals surface area (Å²) in [6.07, 6.45) is 5.86. The molecule has 0 spiro atoms. The third kappa shape index (κ3) is 3.49. The second-order valence-electron chi connectivity index (χ2n) is 6.71. The molecule has 134 valence electrons. The van der Waals surface area contributed by atoms with Crippen LogP contribution in [0.25, 0.3) is 0 Å². The number of thioether (sulfide) groups is 1. The van der Waals surface area contributed by atoms with Gasteiger partial charge >= 0.3 is 5.69 Å². The van der Waals surface area contributed by atoms with Crippen molar-refractivity contribution in [2.24, 2.45) is 0 Å². The van der Waals surface area contributed by atoms with Gasteiger partial charge in [-0.3, -0.25) is 4.57 Å². The fraction of sp³-hybridized carbons (Fsp3) is 0.333. The Morgan fingerprint density at radius 2 is 2.00 bits per heavy atom. The van der Waals surface area contributed by atoms with Crippen LogP contribution < -0.4 is 5.69 Å². The van der Waals surface area contributed by atoms with Crippen LogP contribution in [-0.4, -0.2) is 9.55 Å². The van der Waals surface area contributed by atoms with E-state index in [1.165, 1.54) is 16.7 Å². The molecule has 0 saturated heterocycles. The molecule has 0 radical (unpaired) electrons. The summed E-state index contributed by atoms with van der Waals surface area (Å²) < 4.78 is 7.24. The fourth-order valence-corrected chi connectivity index (χ4v) is 4.66. The van der Waals surface area contributed by atoms with Crippen LogP contribution in [0.5, 0.6) is 0 Å². The van der Waals surface area contributed by atoms with Gasteiger partial charge in [-0.05, 0) is 55.9 Å². The number of fused-ring (bicyclic) bond motifs is 1. The van der Waals surface area contributed by atoms with E-state index in [0.717, 1.165) is 47.9 Å². The summed E-state index contributed by atoms with van der Waals surface area (Å²) in [5.74, 6) is 1.63. The number of nitrogens with zero attached hydrogens (tertiary/aromatic N) is 2. The highest BCUT2D eigenvalue weighted by Crippen LogP contribution is 2.31. The Hall–Kier alpha value is -2.27. The Balaban J connectivity index is 1.66. The molecule has 0 atom stereocenters. The summed E-state index contributed by atoms with van der Waals surface area (Å²) in [6, 6.07) is 12.1. The first kappa shape index (κ1) is 17.2. The van der Waals surface area contributed by atoms with Crippen molar-refractivity contribution in [1.29, 1.82) is 0 Å². The Kier molecular flexibility index (Phi) is 4.98. The number of aryl methyl sites for hydroxylation is 1. The highest BCUT2D eigenvalue weighted by atomic mass is 32.2. The lowest BCUT2D eigenvalue weighted by Gasteiger charge is -2.22. The van der Waals surface area contributed by atoms with E-state index in [1.807, 2.05) is 12.1 Å². The predicted octanol–water partition coefficient (Wildman–Crippen LogP) is 4.36. The minimum Gasteiger partial charge on any atom is -0.467 e. The highest BCUT2D eigenvalue weighted by Gasteiger charge is 2.21. The van der Waals surface area contributed by atoms with E-state index in [4.69, 9.17) is 4.42 Å². The van der Waals surface area contributed by atoms with Gasteiger partial charge in [-0.1, -0.05) is 24.3 Å². The van der Waals surface area contributed by atoms with E-state index < -0.39 is 0 Å². The average molecular weight is 366 g/mol. The zero-order valence-corrected chi connectivity index (χ0v) is 15.7. The standard InChI is InChI=1S/C21H22N2O2S/c1-15-7-2-3-8-16(15)14-26-20-18-10-4-5-11-19(18)23(21(24)22-20)13-17-9-6-12-25-17/h2-3,6-9,12H,4-5,10-11,13-14H2,1H3. The normalized spacial score (nSPS) is 13.6. The second kappa shape index (κ2) is 7.54. The molecule has 26 heavy (non-hydrogen) atoms. The summed E-state index contributed by atoms with van der Waals surface area (Å²) in [4.78, 5) is 17.2. The number of hydrogen-bond acceptors (Lipinski definition) is 4. The van der Waals surface area contributed by atoms with Crippen LogP contribution in [0.3, 0.4) is 0 Å². The van der Waals surface area contributed by atoms with Gasteiger partial charge in [-0.15, -0.1) is 11.8 Å². The van der Waals surface area contributed by atoms with Crippen molar-refractivity contribution >= 4 is 11.8 Å². The third-order valence-electron chi connectivity index (χ3n) is 4.97. The Morgan fingerprint density at radius 3 is 2.81 bits per heavy atom. The zero-order valence-electron chi connectivity index (χ0n) is 14.9. The fourth-order valence-electron chi connectivity index (χ4n) is 3.51. The molecule has 0 fully saturated rings. The van der Waals surface area contributed by atoms with Crippen LogP contribution in [0.2, 0.25) is 0 Å². The molecule has 0 bridgehead atoms. The van der Waals surface area contributed by atoms with E-state index in [9.17, 15) is 4.79 Å². The van der Waals surface area contributed by atoms with Crippen molar-refractivity contribution in [3.05, 3.63) is 81.3 Å². The Bertz CT molecular complexity index is 961. The second-order valence-corrected chi connectivity index (χ2v) is 7.68. The molecule has 1 aliphatic rings. The molecule has 1 aliphatic carbocycles. The van der Waals surface area contributed by atoms with Gasteiger partial charge in [-0.25, -0.2) is 4.79 Å². The highest BCUT2D eigenvalue weighted by molar-refractivity contribution is 7.98. The minimum absolute atomic E-state index is 0.172. The summed E-state index contributed by atoms with van der Waals surface area (Å²) in [7, 11) is 0.